The van der Waals surface area contributed by atoms with Crippen LogP contribution in [-0.4, -0.2) is 338 Å². The summed E-state index contributed by atoms with van der Waals surface area (Å²) in [5, 5.41) is 38.9. The maximum Gasteiger partial charge on any atom is 0.320 e. The van der Waals surface area contributed by atoms with Crippen molar-refractivity contribution in [3.05, 3.63) is 20.9 Å². The van der Waals surface area contributed by atoms with E-state index in [0.717, 1.165) is 116 Å². The molecule has 3 aliphatic rings. The molecule has 0 aromatic heterocycles. The topological polar surface area (TPSA) is 434 Å². The molecule has 34 nitrogen and oxygen atoms in total. The fraction of sp³-hybridized carbons (Fsp3) is 0.873. The Morgan fingerprint density at radius 3 is 0.981 bits per heavy atom. The molecule has 0 aliphatic carbocycles. The molecule has 3 saturated heterocycles. The quantitative estimate of drug-likeness (QED) is 0.00797. The first kappa shape index (κ1) is 109. The summed E-state index contributed by atoms with van der Waals surface area (Å²) in [7, 11) is 0. The normalized spacial score (nSPS) is 16.0. The van der Waals surface area contributed by atoms with Crippen LogP contribution in [0.1, 0.15) is 178 Å². The first-order valence-corrected chi connectivity index (χ1v) is 36.9. The van der Waals surface area contributed by atoms with E-state index >= 15 is 0 Å². The van der Waals surface area contributed by atoms with Crippen LogP contribution in [0.2, 0.25) is 0 Å². The molecule has 0 atom stereocenters. The lowest BCUT2D eigenvalue weighted by molar-refractivity contribution is -0.158. The third-order valence-electron chi connectivity index (χ3n) is 14.3. The van der Waals surface area contributed by atoms with E-state index in [2.05, 4.69) is 76.0 Å². The Kier molecular flexibility index (Phi) is 62.2. The van der Waals surface area contributed by atoms with Gasteiger partial charge in [-0.2, -0.15) is 0 Å². The number of nitrogens with two attached hydrogens (primary N) is 1. The molecule has 0 unspecified atom stereocenters. The summed E-state index contributed by atoms with van der Waals surface area (Å²) in [6, 6.07) is 0. The first-order valence-electron chi connectivity index (χ1n) is 35.7. The van der Waals surface area contributed by atoms with Gasteiger partial charge < -0.3 is 65.2 Å². The minimum atomic E-state index is -1.11. The number of carboxylic acids is 3. The van der Waals surface area contributed by atoms with Gasteiger partial charge in [0.05, 0.1) is 39.3 Å². The number of alkyl halides is 1. The summed E-state index contributed by atoms with van der Waals surface area (Å²) in [5.74, 6) is -4.16. The van der Waals surface area contributed by atoms with Gasteiger partial charge in [0.25, 0.3) is 0 Å². The number of carbonyl (C=O) groups excluding carboxylic acids is 6. The van der Waals surface area contributed by atoms with Gasteiger partial charge >= 0.3 is 47.8 Å². The zero-order chi connectivity index (χ0) is 78.7. The van der Waals surface area contributed by atoms with Crippen molar-refractivity contribution in [2.75, 3.05) is 202 Å². The molecule has 1 amide bonds. The highest BCUT2D eigenvalue weighted by Gasteiger charge is 2.27. The Hall–Kier alpha value is -6.07. The summed E-state index contributed by atoms with van der Waals surface area (Å²) < 4.78 is 27.0. The number of aliphatic carboxylic acids is 3. The molecule has 35 heteroatoms. The summed E-state index contributed by atoms with van der Waals surface area (Å²) in [6.07, 6.45) is 7.34. The standard InChI is InChI=1S/C22H44N4O4.C18H35N3O4.C16H29N7O5.C10H19BrO2.C2H3N3O2.3CH4/c1-21(2,3)29-19(27)17-25-13-11-24(10-8-7-9-23)12-14-26(16-15-25)18-20(28)30-22(4,5)6;1-17(2,3)24-15(22)13-20-9-7-19-8-10-21(12-11-20)14-16(23)25-18(4,5)6;17-20-19-11-14(24)18-3-1-2-4-21-5-7-22(12-15(25)26)9-10-23(8-6-21)13-16(27)28;1-10(2,3)13-9(12)7-5-4-6-8-11;3-5-4-1-2(6)7;;;/h7-18,23H2,1-6H3;19H,7-14H2,1-6H3;1-13H2,(H,18,24)(H,25,26)(H,27,28);4-8H2,1-3H3;1H2,(H,6,7);3*1H4. The number of nitrogens with zero attached hydrogens (tertiary/aromatic N) is 14. The number of rotatable bonds is 30. The fourth-order valence-electron chi connectivity index (χ4n) is 9.82. The van der Waals surface area contributed by atoms with Crippen molar-refractivity contribution in [1.82, 2.24) is 49.8 Å². The Labute approximate surface area is 642 Å². The van der Waals surface area contributed by atoms with Crippen molar-refractivity contribution in [2.24, 2.45) is 16.0 Å². The number of azide groups is 2. The van der Waals surface area contributed by atoms with Crippen LogP contribution in [0.4, 0.5) is 0 Å². The van der Waals surface area contributed by atoms with Crippen LogP contribution in [0.15, 0.2) is 10.2 Å². The molecular weight excluding hydrogens is 1440 g/mol. The number of esters is 5. The van der Waals surface area contributed by atoms with Gasteiger partial charge in [-0.05, 0) is 173 Å². The minimum Gasteiger partial charge on any atom is -0.481 e. The molecule has 0 aromatic carbocycles. The number of unbranched alkanes of at least 4 members (excludes halogenated alkanes) is 4. The molecule has 3 rings (SSSR count). The molecule has 620 valence electrons. The lowest BCUT2D eigenvalue weighted by Gasteiger charge is -2.27. The van der Waals surface area contributed by atoms with Crippen molar-refractivity contribution in [3.63, 3.8) is 0 Å². The molecule has 0 aromatic rings. The van der Waals surface area contributed by atoms with E-state index in [4.69, 9.17) is 55.8 Å². The highest BCUT2D eigenvalue weighted by atomic mass is 79.9. The van der Waals surface area contributed by atoms with Gasteiger partial charge in [0.2, 0.25) is 5.91 Å². The van der Waals surface area contributed by atoms with Crippen molar-refractivity contribution in [2.45, 2.75) is 206 Å². The highest BCUT2D eigenvalue weighted by molar-refractivity contribution is 9.09. The second-order valence-electron chi connectivity index (χ2n) is 30.0. The molecule has 7 N–H and O–H groups in total. The average molecular weight is 1590 g/mol. The van der Waals surface area contributed by atoms with E-state index in [1.807, 2.05) is 114 Å². The van der Waals surface area contributed by atoms with E-state index in [1.54, 1.807) is 0 Å². The van der Waals surface area contributed by atoms with Crippen molar-refractivity contribution in [3.8, 4) is 0 Å². The van der Waals surface area contributed by atoms with Gasteiger partial charge in [0.15, 0.2) is 0 Å². The van der Waals surface area contributed by atoms with E-state index < -0.39 is 46.9 Å². The molecule has 0 bridgehead atoms. The SMILES string of the molecule is C.C.C.CC(C)(C)OC(=O)CCCCCBr.CC(C)(C)OC(=O)CN1CCN(CCCCN)CCN(CC(=O)OC(C)(C)C)CC1.CC(C)(C)OC(=O)CN1CCNCCN(CC(=O)OC(C)(C)C)CC1.[N-]=[N+]=NCC(=O)NCCCCN1CCN(CC(=O)O)CCN(CC(=O)O)CC1.[N-]=[N+]=NCC(=O)O. The highest BCUT2D eigenvalue weighted by Crippen LogP contribution is 2.15. The third kappa shape index (κ3) is 72.1. The van der Waals surface area contributed by atoms with Crippen LogP contribution in [0.25, 0.3) is 20.9 Å². The lowest BCUT2D eigenvalue weighted by atomic mass is 10.2. The number of ether oxygens (including phenoxy) is 5. The number of carboxylic acid groups (broad SMARTS) is 3. The van der Waals surface area contributed by atoms with Crippen LogP contribution >= 0.6 is 15.9 Å². The molecule has 3 aliphatic heterocycles. The largest absolute Gasteiger partial charge is 0.481 e. The zero-order valence-electron chi connectivity index (χ0n) is 64.9. The van der Waals surface area contributed by atoms with E-state index in [1.165, 1.54) is 0 Å². The van der Waals surface area contributed by atoms with E-state index in [9.17, 15) is 43.2 Å². The average Bonchev–Trinajstić information content (AvgIpc) is 1.72. The first-order chi connectivity index (χ1) is 47.9. The molecule has 0 saturated carbocycles. The van der Waals surface area contributed by atoms with Crippen LogP contribution in [0.5, 0.6) is 0 Å². The Balaban J connectivity index is -0.000000422. The van der Waals surface area contributed by atoms with E-state index in [0.29, 0.717) is 85.0 Å². The predicted octanol–water partition coefficient (Wildman–Crippen LogP) is 7.06. The minimum absolute atomic E-state index is 0. The fourth-order valence-corrected chi connectivity index (χ4v) is 10.2. The van der Waals surface area contributed by atoms with Crippen LogP contribution in [0, 0.1) is 0 Å². The third-order valence-corrected chi connectivity index (χ3v) is 14.8. The van der Waals surface area contributed by atoms with Gasteiger partial charge in [0, 0.05) is 146 Å². The molecule has 0 radical (unpaired) electrons. The number of hydrogen-bond acceptors (Lipinski definition) is 26. The Morgan fingerprint density at radius 1 is 0.406 bits per heavy atom. The van der Waals surface area contributed by atoms with Crippen molar-refractivity contribution >= 4 is 69.6 Å². The lowest BCUT2D eigenvalue weighted by Crippen LogP contribution is -2.42. The van der Waals surface area contributed by atoms with Gasteiger partial charge in [-0.1, -0.05) is 54.9 Å². The van der Waals surface area contributed by atoms with Gasteiger partial charge in [-0.25, -0.2) is 0 Å². The summed E-state index contributed by atoms with van der Waals surface area (Å²) >= 11 is 3.35. The zero-order valence-corrected chi connectivity index (χ0v) is 66.4. The molecule has 3 heterocycles. The van der Waals surface area contributed by atoms with Crippen LogP contribution in [0.3, 0.4) is 0 Å². The molecule has 0 spiro atoms. The number of amides is 1. The van der Waals surface area contributed by atoms with Crippen molar-refractivity contribution < 1.29 is 82.2 Å². The van der Waals surface area contributed by atoms with Crippen molar-refractivity contribution in [1.29, 1.82) is 0 Å². The van der Waals surface area contributed by atoms with Crippen LogP contribution < -0.4 is 16.4 Å². The Morgan fingerprint density at radius 2 is 0.698 bits per heavy atom. The predicted molar refractivity (Wildman–Crippen MR) is 418 cm³/mol. The summed E-state index contributed by atoms with van der Waals surface area (Å²) in [6.45, 7) is 44.4. The summed E-state index contributed by atoms with van der Waals surface area (Å²) in [5.41, 5.74) is 19.0. The number of carbonyl (C=O) groups is 9. The van der Waals surface area contributed by atoms with Crippen LogP contribution in [-0.2, 0) is 66.8 Å². The van der Waals surface area contributed by atoms with E-state index in [-0.39, 0.29) is 109 Å². The second kappa shape index (κ2) is 60.8. The number of nitrogens with one attached hydrogen (secondary N) is 2. The van der Waals surface area contributed by atoms with Gasteiger partial charge in [0.1, 0.15) is 41.1 Å². The Bertz CT molecular complexity index is 2440. The number of halogens is 1. The molecular formula is C71H142BrN17O17. The summed E-state index contributed by atoms with van der Waals surface area (Å²) in [4.78, 5) is 124. The maximum absolute atomic E-state index is 12.3. The maximum atomic E-state index is 12.3. The molecule has 106 heavy (non-hydrogen) atoms. The van der Waals surface area contributed by atoms with Gasteiger partial charge in [-0.3, -0.25) is 72.6 Å². The second-order valence-corrected chi connectivity index (χ2v) is 30.8. The van der Waals surface area contributed by atoms with Gasteiger partial charge in [-0.15, -0.1) is 0 Å². The molecule has 3 fully saturated rings. The monoisotopic (exact) mass is 1580 g/mol. The smallest absolute Gasteiger partial charge is 0.320 e. The number of hydrogen-bond donors (Lipinski definition) is 6.